The summed E-state index contributed by atoms with van der Waals surface area (Å²) in [6.45, 7) is 2.01. The van der Waals surface area contributed by atoms with Gasteiger partial charge in [-0.2, -0.15) is 16.9 Å². The summed E-state index contributed by atoms with van der Waals surface area (Å²) in [6, 6.07) is 13.4. The first kappa shape index (κ1) is 21.9. The third kappa shape index (κ3) is 5.28. The zero-order chi connectivity index (χ0) is 22.5. The van der Waals surface area contributed by atoms with E-state index < -0.39 is 0 Å². The van der Waals surface area contributed by atoms with Crippen LogP contribution >= 0.6 is 11.8 Å². The number of anilines is 1. The molecule has 0 radical (unpaired) electrons. The number of rotatable bonds is 8. The Bertz CT molecular complexity index is 1130. The molecule has 2 heterocycles. The molecule has 0 unspecified atom stereocenters. The molecule has 0 fully saturated rings. The Kier molecular flexibility index (Phi) is 6.75. The Morgan fingerprint density at radius 1 is 1.12 bits per heavy atom. The molecular weight excluding hydrogens is 431 g/mol. The highest BCUT2D eigenvalue weighted by molar-refractivity contribution is 7.98. The maximum atomic E-state index is 13.0. The van der Waals surface area contributed by atoms with Gasteiger partial charge in [0.1, 0.15) is 23.9 Å². The molecule has 0 spiro atoms. The van der Waals surface area contributed by atoms with E-state index in [4.69, 9.17) is 4.74 Å². The summed E-state index contributed by atoms with van der Waals surface area (Å²) in [6.07, 6.45) is 0. The molecule has 2 N–H and O–H groups in total. The van der Waals surface area contributed by atoms with Crippen molar-refractivity contribution < 1.29 is 18.7 Å². The highest BCUT2D eigenvalue weighted by Crippen LogP contribution is 2.34. The molecule has 1 aliphatic heterocycles. The van der Waals surface area contributed by atoms with Crippen molar-refractivity contribution in [3.8, 4) is 5.75 Å². The topological polar surface area (TPSA) is 85.2 Å². The van der Waals surface area contributed by atoms with E-state index in [0.717, 1.165) is 33.9 Å². The molecule has 1 aromatic heterocycles. The van der Waals surface area contributed by atoms with Crippen LogP contribution in [0.5, 0.6) is 5.75 Å². The molecule has 3 aromatic rings. The minimum atomic E-state index is -0.323. The van der Waals surface area contributed by atoms with Gasteiger partial charge in [-0.05, 0) is 36.2 Å². The van der Waals surface area contributed by atoms with Crippen LogP contribution in [0.3, 0.4) is 0 Å². The summed E-state index contributed by atoms with van der Waals surface area (Å²) in [5, 5.41) is 10.2. The van der Waals surface area contributed by atoms with E-state index in [0.29, 0.717) is 11.6 Å². The fourth-order valence-corrected chi connectivity index (χ4v) is 4.38. The Morgan fingerprint density at radius 3 is 2.69 bits per heavy atom. The average molecular weight is 455 g/mol. The number of fused-ring (bicyclic) bond motifs is 1. The maximum Gasteiger partial charge on any atom is 0.263 e. The number of carbonyl (C=O) groups is 2. The molecule has 32 heavy (non-hydrogen) atoms. The van der Waals surface area contributed by atoms with E-state index in [1.54, 1.807) is 23.9 Å². The second-order valence-electron chi connectivity index (χ2n) is 7.43. The van der Waals surface area contributed by atoms with Crippen molar-refractivity contribution in [1.82, 2.24) is 15.1 Å². The van der Waals surface area contributed by atoms with Crippen LogP contribution in [0.1, 0.15) is 22.4 Å². The second-order valence-corrected chi connectivity index (χ2v) is 8.42. The largest absolute Gasteiger partial charge is 0.483 e. The van der Waals surface area contributed by atoms with E-state index in [2.05, 4.69) is 15.7 Å². The number of para-hydroxylation sites is 1. The van der Waals surface area contributed by atoms with Crippen molar-refractivity contribution in [2.24, 2.45) is 0 Å². The van der Waals surface area contributed by atoms with Crippen molar-refractivity contribution >= 4 is 29.4 Å². The van der Waals surface area contributed by atoms with Crippen molar-refractivity contribution in [2.75, 3.05) is 11.9 Å². The van der Waals surface area contributed by atoms with Crippen LogP contribution in [0.25, 0.3) is 0 Å². The number of nitrogens with one attached hydrogen (secondary N) is 2. The van der Waals surface area contributed by atoms with Gasteiger partial charge < -0.3 is 15.4 Å². The third-order valence-corrected chi connectivity index (χ3v) is 6.00. The minimum absolute atomic E-state index is 0.0346. The molecule has 0 bridgehead atoms. The second kappa shape index (κ2) is 9.86. The van der Waals surface area contributed by atoms with Crippen LogP contribution in [0.15, 0.2) is 48.5 Å². The number of halogens is 1. The van der Waals surface area contributed by atoms with Crippen LogP contribution < -0.4 is 15.4 Å². The first-order chi connectivity index (χ1) is 15.5. The van der Waals surface area contributed by atoms with Gasteiger partial charge in [0.25, 0.3) is 5.91 Å². The molecule has 0 saturated carbocycles. The van der Waals surface area contributed by atoms with Gasteiger partial charge in [-0.3, -0.25) is 9.59 Å². The summed E-state index contributed by atoms with van der Waals surface area (Å²) in [7, 11) is 0. The Morgan fingerprint density at radius 2 is 1.91 bits per heavy atom. The zero-order valence-corrected chi connectivity index (χ0v) is 18.4. The van der Waals surface area contributed by atoms with E-state index in [1.807, 2.05) is 31.2 Å². The fraction of sp³-hybridized carbons (Fsp3) is 0.261. The van der Waals surface area contributed by atoms with Gasteiger partial charge in [0, 0.05) is 23.6 Å². The van der Waals surface area contributed by atoms with Crippen LogP contribution in [-0.2, 0) is 34.2 Å². The van der Waals surface area contributed by atoms with Crippen LogP contribution in [0.4, 0.5) is 10.2 Å². The van der Waals surface area contributed by atoms with Crippen molar-refractivity contribution in [2.45, 2.75) is 31.5 Å². The predicted molar refractivity (Wildman–Crippen MR) is 121 cm³/mol. The van der Waals surface area contributed by atoms with Gasteiger partial charge >= 0.3 is 0 Å². The Labute approximate surface area is 189 Å². The summed E-state index contributed by atoms with van der Waals surface area (Å²) >= 11 is 1.71. The molecular formula is C23H23FN4O3S. The van der Waals surface area contributed by atoms with Crippen LogP contribution in [0.2, 0.25) is 0 Å². The number of aromatic nitrogens is 2. The summed E-state index contributed by atoms with van der Waals surface area (Å²) in [5.74, 6) is 1.74. The van der Waals surface area contributed by atoms with Gasteiger partial charge in [0.05, 0.1) is 5.69 Å². The molecule has 4 rings (SSSR count). The SMILES string of the molecule is Cc1ccccc1OCC(=O)Nc1c2c(nn1CC(=O)NCc1ccc(F)cc1)CSC2. The van der Waals surface area contributed by atoms with E-state index in [9.17, 15) is 14.0 Å². The summed E-state index contributed by atoms with van der Waals surface area (Å²) in [5.41, 5.74) is 3.54. The number of hydrogen-bond acceptors (Lipinski definition) is 5. The lowest BCUT2D eigenvalue weighted by atomic mass is 10.2. The van der Waals surface area contributed by atoms with Crippen molar-refractivity contribution in [3.63, 3.8) is 0 Å². The van der Waals surface area contributed by atoms with Crippen molar-refractivity contribution in [1.29, 1.82) is 0 Å². The number of aryl methyl sites for hydroxylation is 1. The maximum absolute atomic E-state index is 13.0. The fourth-order valence-electron chi connectivity index (χ4n) is 3.34. The normalized spacial score (nSPS) is 12.3. The molecule has 9 heteroatoms. The first-order valence-corrected chi connectivity index (χ1v) is 11.3. The lowest BCUT2D eigenvalue weighted by Gasteiger charge is -2.12. The zero-order valence-electron chi connectivity index (χ0n) is 17.6. The van der Waals surface area contributed by atoms with Gasteiger partial charge in [0.2, 0.25) is 5.91 Å². The Balaban J connectivity index is 1.39. The number of ether oxygens (including phenoxy) is 1. The van der Waals surface area contributed by atoms with E-state index in [-0.39, 0.29) is 37.3 Å². The molecule has 7 nitrogen and oxygen atoms in total. The number of carbonyl (C=O) groups excluding carboxylic acids is 2. The number of nitrogens with zero attached hydrogens (tertiary/aromatic N) is 2. The predicted octanol–water partition coefficient (Wildman–Crippen LogP) is 3.41. The monoisotopic (exact) mass is 454 g/mol. The molecule has 2 amide bonds. The number of benzene rings is 2. The Hall–Kier alpha value is -3.33. The molecule has 0 atom stereocenters. The van der Waals surface area contributed by atoms with Crippen LogP contribution in [-0.4, -0.2) is 28.2 Å². The number of hydrogen-bond donors (Lipinski definition) is 2. The molecule has 0 aliphatic carbocycles. The number of thioether (sulfide) groups is 1. The number of amides is 2. The van der Waals surface area contributed by atoms with Gasteiger partial charge in [0.15, 0.2) is 6.61 Å². The quantitative estimate of drug-likeness (QED) is 0.545. The molecule has 166 valence electrons. The minimum Gasteiger partial charge on any atom is -0.483 e. The van der Waals surface area contributed by atoms with Gasteiger partial charge in [-0.1, -0.05) is 30.3 Å². The standard InChI is InChI=1S/C23H23FN4O3S/c1-15-4-2-3-5-20(15)31-12-22(30)26-23-18-13-32-14-19(18)27-28(23)11-21(29)25-10-16-6-8-17(24)9-7-16/h2-9H,10-14H2,1H3,(H,25,29)(H,26,30). The van der Waals surface area contributed by atoms with Crippen LogP contribution in [0, 0.1) is 12.7 Å². The first-order valence-electron chi connectivity index (χ1n) is 10.2. The highest BCUT2D eigenvalue weighted by atomic mass is 32.2. The van der Waals surface area contributed by atoms with Gasteiger partial charge in [-0.25, -0.2) is 9.07 Å². The highest BCUT2D eigenvalue weighted by Gasteiger charge is 2.25. The lowest BCUT2D eigenvalue weighted by molar-refractivity contribution is -0.122. The van der Waals surface area contributed by atoms with Crippen molar-refractivity contribution in [3.05, 3.63) is 76.7 Å². The summed E-state index contributed by atoms with van der Waals surface area (Å²) < 4.78 is 20.2. The average Bonchev–Trinajstić information content (AvgIpc) is 3.35. The summed E-state index contributed by atoms with van der Waals surface area (Å²) in [4.78, 5) is 25.0. The van der Waals surface area contributed by atoms with Gasteiger partial charge in [-0.15, -0.1) is 0 Å². The molecule has 0 saturated heterocycles. The lowest BCUT2D eigenvalue weighted by Crippen LogP contribution is -2.29. The molecule has 2 aromatic carbocycles. The molecule has 1 aliphatic rings. The third-order valence-electron chi connectivity index (χ3n) is 5.03. The van der Waals surface area contributed by atoms with E-state index in [1.165, 1.54) is 16.8 Å². The smallest absolute Gasteiger partial charge is 0.263 e. The van der Waals surface area contributed by atoms with E-state index >= 15 is 0 Å².